The highest BCUT2D eigenvalue weighted by atomic mass is 16.2. The molecule has 3 aliphatic rings. The van der Waals surface area contributed by atoms with Crippen LogP contribution in [0.5, 0.6) is 0 Å². The first-order valence-electron chi connectivity index (χ1n) is 10.7. The Hall–Kier alpha value is -2.79. The molecule has 3 heterocycles. The smallest absolute Gasteiger partial charge is 0.239 e. The quantitative estimate of drug-likeness (QED) is 0.583. The van der Waals surface area contributed by atoms with Crippen LogP contribution in [0.3, 0.4) is 0 Å². The van der Waals surface area contributed by atoms with Crippen molar-refractivity contribution in [3.63, 3.8) is 0 Å². The molecule has 0 aromatic heterocycles. The van der Waals surface area contributed by atoms with Crippen molar-refractivity contribution >= 4 is 23.3 Å². The van der Waals surface area contributed by atoms with E-state index in [4.69, 9.17) is 0 Å². The van der Waals surface area contributed by atoms with Crippen molar-refractivity contribution in [3.05, 3.63) is 64.7 Å². The third kappa shape index (κ3) is 2.76. The number of hydrogen-bond donors (Lipinski definition) is 0. The van der Waals surface area contributed by atoms with Crippen molar-refractivity contribution in [2.45, 2.75) is 45.7 Å². The summed E-state index contributed by atoms with van der Waals surface area (Å²) in [5.74, 6) is -1.45. The number of rotatable bonds is 3. The Labute approximate surface area is 176 Å². The lowest BCUT2D eigenvalue weighted by Gasteiger charge is -2.27. The van der Waals surface area contributed by atoms with E-state index in [1.807, 2.05) is 63.2 Å². The number of aryl methyl sites for hydroxylation is 3. The molecule has 0 aliphatic carbocycles. The third-order valence-corrected chi connectivity index (χ3v) is 6.92. The number of imide groups is 1. The van der Waals surface area contributed by atoms with E-state index in [1.165, 1.54) is 4.90 Å². The molecule has 4 atom stereocenters. The highest BCUT2D eigenvalue weighted by Crippen LogP contribution is 2.48. The minimum atomic E-state index is -0.600. The van der Waals surface area contributed by atoms with Gasteiger partial charge in [-0.15, -0.1) is 0 Å². The Bertz CT molecular complexity index is 1040. The minimum absolute atomic E-state index is 0.0262. The molecule has 0 bridgehead atoms. The Morgan fingerprint density at radius 3 is 2.17 bits per heavy atom. The molecule has 0 radical (unpaired) electrons. The lowest BCUT2D eigenvalue weighted by Crippen LogP contribution is -2.46. The molecule has 0 spiro atoms. The van der Waals surface area contributed by atoms with Crippen LogP contribution in [0.2, 0.25) is 0 Å². The summed E-state index contributed by atoms with van der Waals surface area (Å²) < 4.78 is 0. The Kier molecular flexibility index (Phi) is 4.40. The molecule has 3 aliphatic heterocycles. The second kappa shape index (κ2) is 6.88. The van der Waals surface area contributed by atoms with Crippen LogP contribution in [-0.4, -0.2) is 41.1 Å². The molecular weight excluding hydrogens is 376 g/mol. The van der Waals surface area contributed by atoms with Crippen LogP contribution in [0.4, 0.5) is 5.69 Å². The predicted octanol–water partition coefficient (Wildman–Crippen LogP) is 3.45. The number of ketones is 1. The van der Waals surface area contributed by atoms with Gasteiger partial charge < -0.3 is 0 Å². The highest BCUT2D eigenvalue weighted by Gasteiger charge is 2.64. The molecule has 0 saturated carbocycles. The number of anilines is 1. The van der Waals surface area contributed by atoms with E-state index in [0.717, 1.165) is 36.1 Å². The first-order valence-corrected chi connectivity index (χ1v) is 10.7. The first kappa shape index (κ1) is 19.2. The Balaban J connectivity index is 1.56. The largest absolute Gasteiger partial charge is 0.292 e. The molecule has 2 aromatic carbocycles. The number of fused-ring (bicyclic) bond motifs is 3. The number of hydrogen-bond acceptors (Lipinski definition) is 4. The van der Waals surface area contributed by atoms with Crippen LogP contribution in [0, 0.1) is 32.6 Å². The molecule has 30 heavy (non-hydrogen) atoms. The first-order chi connectivity index (χ1) is 14.4. The second-order valence-electron chi connectivity index (χ2n) is 9.03. The SMILES string of the molecule is Cc1ccc(C(=O)[C@@H]2[C@@H]3C(=O)N(c4cc(C)cc(C)c4)C(=O)[C@@H]3[C@@H]3CCCN23)cc1. The number of Topliss-reactive ketones (excluding diaryl/α,β-unsaturated/α-hetero) is 1. The summed E-state index contributed by atoms with van der Waals surface area (Å²) >= 11 is 0. The molecule has 3 fully saturated rings. The molecule has 0 N–H and O–H groups in total. The molecule has 5 heteroatoms. The molecule has 5 nitrogen and oxygen atoms in total. The molecule has 0 unspecified atom stereocenters. The van der Waals surface area contributed by atoms with Crippen LogP contribution >= 0.6 is 0 Å². The van der Waals surface area contributed by atoms with E-state index < -0.39 is 17.9 Å². The van der Waals surface area contributed by atoms with Crippen LogP contribution in [0.15, 0.2) is 42.5 Å². The van der Waals surface area contributed by atoms with Crippen LogP contribution in [0.25, 0.3) is 0 Å². The van der Waals surface area contributed by atoms with Crippen molar-refractivity contribution in [2.24, 2.45) is 11.8 Å². The highest BCUT2D eigenvalue weighted by molar-refractivity contribution is 6.24. The number of nitrogens with zero attached hydrogens (tertiary/aromatic N) is 2. The molecular formula is C25H26N2O3. The Morgan fingerprint density at radius 1 is 0.867 bits per heavy atom. The maximum Gasteiger partial charge on any atom is 0.239 e. The third-order valence-electron chi connectivity index (χ3n) is 6.92. The maximum atomic E-state index is 13.6. The van der Waals surface area contributed by atoms with Gasteiger partial charge in [0.1, 0.15) is 0 Å². The predicted molar refractivity (Wildman–Crippen MR) is 114 cm³/mol. The zero-order valence-corrected chi connectivity index (χ0v) is 17.6. The van der Waals surface area contributed by atoms with Crippen molar-refractivity contribution < 1.29 is 14.4 Å². The number of carbonyl (C=O) groups excluding carboxylic acids is 3. The van der Waals surface area contributed by atoms with Crippen LogP contribution in [-0.2, 0) is 9.59 Å². The van der Waals surface area contributed by atoms with Gasteiger partial charge in [0.05, 0.1) is 23.6 Å². The number of amides is 2. The van der Waals surface area contributed by atoms with Gasteiger partial charge in [0.2, 0.25) is 11.8 Å². The summed E-state index contributed by atoms with van der Waals surface area (Å²) in [4.78, 5) is 44.1. The van der Waals surface area contributed by atoms with E-state index in [2.05, 4.69) is 4.90 Å². The molecule has 154 valence electrons. The van der Waals surface area contributed by atoms with E-state index in [9.17, 15) is 14.4 Å². The van der Waals surface area contributed by atoms with E-state index in [1.54, 1.807) is 0 Å². The summed E-state index contributed by atoms with van der Waals surface area (Å²) in [7, 11) is 0. The van der Waals surface area contributed by atoms with Crippen molar-refractivity contribution in [2.75, 3.05) is 11.4 Å². The minimum Gasteiger partial charge on any atom is -0.292 e. The fourth-order valence-electron chi connectivity index (χ4n) is 5.74. The van der Waals surface area contributed by atoms with Gasteiger partial charge in [0, 0.05) is 11.6 Å². The average molecular weight is 402 g/mol. The average Bonchev–Trinajstić information content (AvgIpc) is 3.33. The van der Waals surface area contributed by atoms with Gasteiger partial charge in [0.25, 0.3) is 0 Å². The van der Waals surface area contributed by atoms with E-state index >= 15 is 0 Å². The molecule has 3 saturated heterocycles. The zero-order chi connectivity index (χ0) is 21.2. The summed E-state index contributed by atoms with van der Waals surface area (Å²) in [6, 6.07) is 12.7. The van der Waals surface area contributed by atoms with Crippen molar-refractivity contribution in [1.82, 2.24) is 4.90 Å². The van der Waals surface area contributed by atoms with E-state index in [-0.39, 0.29) is 23.6 Å². The molecule has 5 rings (SSSR count). The standard InChI is InChI=1S/C25H26N2O3/c1-14-6-8-17(9-7-14)23(28)22-21-20(19-5-4-10-26(19)22)24(29)27(25(21)30)18-12-15(2)11-16(3)13-18/h6-9,11-13,19-22H,4-5,10H2,1-3H3/t19-,20+,21+,22-/m0/s1. The molecule has 2 aromatic rings. The van der Waals surface area contributed by atoms with Crippen LogP contribution in [0.1, 0.15) is 39.9 Å². The van der Waals surface area contributed by atoms with Gasteiger partial charge in [-0.3, -0.25) is 19.3 Å². The summed E-state index contributed by atoms with van der Waals surface area (Å²) in [5, 5.41) is 0. The van der Waals surface area contributed by atoms with Gasteiger partial charge in [0.15, 0.2) is 5.78 Å². The van der Waals surface area contributed by atoms with Crippen LogP contribution < -0.4 is 4.90 Å². The summed E-state index contributed by atoms with van der Waals surface area (Å²) in [6.07, 6.45) is 1.81. The van der Waals surface area contributed by atoms with Gasteiger partial charge >= 0.3 is 0 Å². The van der Waals surface area contributed by atoms with Crippen molar-refractivity contribution in [1.29, 1.82) is 0 Å². The zero-order valence-electron chi connectivity index (χ0n) is 17.6. The normalized spacial score (nSPS) is 28.2. The monoisotopic (exact) mass is 402 g/mol. The van der Waals surface area contributed by atoms with Gasteiger partial charge in [-0.2, -0.15) is 0 Å². The summed E-state index contributed by atoms with van der Waals surface area (Å²) in [5.41, 5.74) is 4.35. The second-order valence-corrected chi connectivity index (χ2v) is 9.03. The maximum absolute atomic E-state index is 13.6. The Morgan fingerprint density at radius 2 is 1.50 bits per heavy atom. The van der Waals surface area contributed by atoms with Gasteiger partial charge in [-0.05, 0) is 63.4 Å². The lowest BCUT2D eigenvalue weighted by atomic mass is 9.85. The van der Waals surface area contributed by atoms with Crippen molar-refractivity contribution in [3.8, 4) is 0 Å². The van der Waals surface area contributed by atoms with Gasteiger partial charge in [-0.1, -0.05) is 35.9 Å². The fourth-order valence-corrected chi connectivity index (χ4v) is 5.74. The fraction of sp³-hybridized carbons (Fsp3) is 0.400. The van der Waals surface area contributed by atoms with Gasteiger partial charge in [-0.25, -0.2) is 4.90 Å². The van der Waals surface area contributed by atoms with E-state index in [0.29, 0.717) is 11.3 Å². The number of benzene rings is 2. The number of carbonyl (C=O) groups is 3. The lowest BCUT2D eigenvalue weighted by molar-refractivity contribution is -0.123. The summed E-state index contributed by atoms with van der Waals surface area (Å²) in [6.45, 7) is 6.68. The topological polar surface area (TPSA) is 57.7 Å². The molecule has 2 amide bonds.